The topological polar surface area (TPSA) is 195 Å². The van der Waals surface area contributed by atoms with Crippen molar-refractivity contribution in [2.75, 3.05) is 7.15 Å². The number of hydrogen-bond donors (Lipinski definition) is 4. The predicted octanol–water partition coefficient (Wildman–Crippen LogP) is 12.8. The number of nitriles is 3. The van der Waals surface area contributed by atoms with Gasteiger partial charge in [0.1, 0.15) is 53.1 Å². The van der Waals surface area contributed by atoms with Crippen molar-refractivity contribution < 1.29 is 80.0 Å². The Labute approximate surface area is 560 Å². The number of H-pyrrole nitrogens is 1. The number of amides is 2. The van der Waals surface area contributed by atoms with E-state index in [0.29, 0.717) is 10.1 Å². The monoisotopic (exact) mass is 1310 g/mol. The van der Waals surface area contributed by atoms with E-state index in [1.165, 1.54) is 153 Å². The first-order valence-corrected chi connectivity index (χ1v) is 34.4. The van der Waals surface area contributed by atoms with Crippen LogP contribution in [0.1, 0.15) is 68.5 Å². The minimum atomic E-state index is -1.08. The van der Waals surface area contributed by atoms with Gasteiger partial charge >= 0.3 is 73.2 Å². The molecule has 0 aliphatic carbocycles. The number of carbonyl (C=O) groups excluding carboxylic acids is 2. The zero-order valence-electron chi connectivity index (χ0n) is 41.8. The summed E-state index contributed by atoms with van der Waals surface area (Å²) in [5, 5.41) is 25.9. The maximum absolute atomic E-state index is 13.8. The Morgan fingerprint density at radius 3 is 1.36 bits per heavy atom. The first-order valence-electron chi connectivity index (χ1n) is 21.5. The fourth-order valence-electron chi connectivity index (χ4n) is 5.23. The molecular weight excluding hydrogens is 1260 g/mol. The quantitative estimate of drug-likeness (QED) is 0.0282. The third kappa shape index (κ3) is 26.8. The van der Waals surface area contributed by atoms with Crippen molar-refractivity contribution in [1.29, 1.82) is 15.8 Å². The Hall–Kier alpha value is -4.40. The third-order valence-corrected chi connectivity index (χ3v) is 15.0. The van der Waals surface area contributed by atoms with E-state index in [0.717, 1.165) is 72.9 Å². The van der Waals surface area contributed by atoms with Gasteiger partial charge in [-0.15, -0.1) is 12.6 Å². The van der Waals surface area contributed by atoms with Crippen molar-refractivity contribution in [3.8, 4) is 18.2 Å². The second kappa shape index (κ2) is 46.8. The van der Waals surface area contributed by atoms with Crippen molar-refractivity contribution in [3.05, 3.63) is 224 Å². The Bertz CT molecular complexity index is 3420. The number of aromatic nitrogens is 1. The molecule has 8 rings (SSSR count). The van der Waals surface area contributed by atoms with Crippen LogP contribution in [0.5, 0.6) is 0 Å². The van der Waals surface area contributed by atoms with Crippen molar-refractivity contribution in [1.82, 2.24) is 4.37 Å². The summed E-state index contributed by atoms with van der Waals surface area (Å²) in [7, 11) is 2.45. The number of carbonyl (C=O) groups is 2. The van der Waals surface area contributed by atoms with Crippen LogP contribution in [0.3, 0.4) is 0 Å². The Kier molecular flexibility index (Phi) is 48.0. The molecule has 10 nitrogen and oxygen atoms in total. The minimum Gasteiger partial charge on any atom is -0.813 e. The molecule has 7 aromatic carbocycles. The van der Waals surface area contributed by atoms with Crippen LogP contribution >= 0.6 is 67.3 Å². The van der Waals surface area contributed by atoms with E-state index in [1.54, 1.807) is 6.07 Å². The van der Waals surface area contributed by atoms with E-state index >= 15 is 0 Å². The fraction of sp³-hybridized carbons (Fsp3) is 0.0926. The molecular formula is C54H47F9N7Na3O3S7. The van der Waals surface area contributed by atoms with Gasteiger partial charge < -0.3 is 25.0 Å². The molecule has 0 spiro atoms. The molecule has 424 valence electrons. The number of halogens is 9. The molecule has 1 heterocycles. The van der Waals surface area contributed by atoms with Gasteiger partial charge in [0, 0.05) is 0 Å². The van der Waals surface area contributed by atoms with Crippen molar-refractivity contribution >= 4 is 152 Å². The number of benzene rings is 7. The average molecular weight is 1310 g/mol. The largest absolute Gasteiger partial charge is 0.813 e. The van der Waals surface area contributed by atoms with Gasteiger partial charge in [0.15, 0.2) is 11.6 Å². The van der Waals surface area contributed by atoms with E-state index in [1.807, 2.05) is 12.1 Å². The molecule has 0 atom stereocenters. The van der Waals surface area contributed by atoms with Crippen LogP contribution in [0.2, 0.25) is 0 Å². The van der Waals surface area contributed by atoms with Gasteiger partial charge in [-0.05, 0) is 111 Å². The summed E-state index contributed by atoms with van der Waals surface area (Å²) < 4.78 is 123. The molecule has 0 aliphatic heterocycles. The zero-order valence-corrected chi connectivity index (χ0v) is 52.7. The number of nitrogens with one attached hydrogen (secondary N) is 1. The first kappa shape index (κ1) is 85.0. The van der Waals surface area contributed by atoms with Gasteiger partial charge in [-0.25, -0.2) is 40.0 Å². The molecule has 8 aromatic rings. The van der Waals surface area contributed by atoms with Gasteiger partial charge in [0.2, 0.25) is 17.5 Å². The molecule has 29 heteroatoms. The molecule has 0 aliphatic rings. The number of fused-ring (bicyclic) bond motifs is 1. The maximum Gasteiger partial charge on any atom is -0.813 e. The number of hydrogen-bond acceptors (Lipinski definition) is 13. The normalized spacial score (nSPS) is 9.01. The van der Waals surface area contributed by atoms with E-state index in [2.05, 4.69) is 21.8 Å². The predicted molar refractivity (Wildman–Crippen MR) is 323 cm³/mol. The van der Waals surface area contributed by atoms with Crippen LogP contribution in [-0.2, 0) is 13.5 Å². The average Bonchev–Trinajstić information content (AvgIpc) is 3.83. The smallest absolute Gasteiger partial charge is 0.813 e. The van der Waals surface area contributed by atoms with E-state index in [-0.39, 0.29) is 142 Å². The number of primary amides is 2. The molecule has 5 N–H and O–H groups in total. The van der Waals surface area contributed by atoms with E-state index in [4.69, 9.17) is 35.2 Å². The number of nitrogens with zero attached hydrogens (tertiary/aromatic N) is 4. The molecule has 0 bridgehead atoms. The first-order chi connectivity index (χ1) is 37.3. The summed E-state index contributed by atoms with van der Waals surface area (Å²) in [6.45, 7) is 6.99. The van der Waals surface area contributed by atoms with Crippen LogP contribution < -0.4 is 46.6 Å². The van der Waals surface area contributed by atoms with Crippen LogP contribution in [0.25, 0.3) is 14.9 Å². The van der Waals surface area contributed by atoms with Crippen LogP contribution in [0.15, 0.2) is 157 Å². The molecule has 0 saturated carbocycles. The standard InChI is InChI=1S/C14H10F2N2O2S2.C14H6F2N2S2.C7H3F2N.C7H4FNOS.C7H4FNS.CH3F.4CH4.3Na.H2S/c15-9-5-1-3-7(13(17)19)11(9)21-22-12-8(14(18)20)4-2-6-10(12)16;1-18-12-7-3-6-11(16)14(12)20-19-13-9(8-17)4-2-5-10(13)15;8-6-3-1-2-5(4-10)7(6)9;8-5-3-1-2-4-6(5)11-9-7(4)10;8-6-3-1-2-5(4-9)7(6)10;1-2;;;;;;;;/h1-6H,(H2,17,19)(H2,18,20);2-7H;1-3H;1-3H,(H,9,10);1-3,10H;1H3;4*1H4;;;;1H2/q;;;;;;;;;;;;+1;/p-1/i;;;;;1D;;;;;;;;. The van der Waals surface area contributed by atoms with Crippen LogP contribution in [0.4, 0.5) is 45.2 Å². The van der Waals surface area contributed by atoms with Crippen molar-refractivity contribution in [2.45, 2.75) is 54.2 Å². The summed E-state index contributed by atoms with van der Waals surface area (Å²) in [4.78, 5) is 37.1. The van der Waals surface area contributed by atoms with Gasteiger partial charge in [-0.1, -0.05) is 101 Å². The number of rotatable bonds is 8. The summed E-state index contributed by atoms with van der Waals surface area (Å²) in [6, 6.07) is 33.5. The number of thiol groups is 2. The fourth-order valence-corrected chi connectivity index (χ4v) is 11.0. The van der Waals surface area contributed by atoms with Gasteiger partial charge in [0.25, 0.3) is 5.56 Å². The molecule has 0 radical (unpaired) electrons. The number of nitrogens with two attached hydrogens (primary N) is 2. The van der Waals surface area contributed by atoms with Crippen LogP contribution in [0, 0.1) is 87.1 Å². The summed E-state index contributed by atoms with van der Waals surface area (Å²) >= 11 is 7.71. The minimum absolute atomic E-state index is 0. The third-order valence-electron chi connectivity index (χ3n) is 8.67. The van der Waals surface area contributed by atoms with Gasteiger partial charge in [-0.2, -0.15) is 15.8 Å². The second-order valence-electron chi connectivity index (χ2n) is 13.3. The molecule has 0 unspecified atom stereocenters. The Morgan fingerprint density at radius 2 is 0.940 bits per heavy atom. The molecule has 0 fully saturated rings. The zero-order chi connectivity index (χ0) is 58.5. The summed E-state index contributed by atoms with van der Waals surface area (Å²) in [5.74, 6) is -6.86. The molecule has 0 saturated heterocycles. The Morgan fingerprint density at radius 1 is 0.590 bits per heavy atom. The van der Waals surface area contributed by atoms with Crippen molar-refractivity contribution in [3.63, 3.8) is 0 Å². The van der Waals surface area contributed by atoms with Crippen LogP contribution in [-0.4, -0.2) is 67.0 Å². The molecule has 1 aromatic heterocycles. The Balaban J connectivity index is -0.000000308. The molecule has 2 amide bonds. The van der Waals surface area contributed by atoms with E-state index < -0.39 is 59.7 Å². The summed E-state index contributed by atoms with van der Waals surface area (Å²) in [6.07, 6.45) is 0. The van der Waals surface area contributed by atoms with E-state index in [9.17, 15) is 53.9 Å². The van der Waals surface area contributed by atoms with Crippen molar-refractivity contribution in [2.24, 2.45) is 11.5 Å². The maximum atomic E-state index is 13.8. The second-order valence-corrected chi connectivity index (χ2v) is 18.9. The number of aromatic amines is 1. The SMILES string of the molecule is C.C.C.C.N#Cc1cccc(F)c1F.N#Cc1cccc(F)c1S.NC(=O)c1cccc(F)c1SSc1c(F)cccc1C(N)=O.O=c1[nH]sc2c(F)cccc12.[2H]CF.[C-]#[N+]c1cccc(F)c1SSc1c(F)cccc1C#N.[Na+].[Na][Na].[SH-]. The molecule has 83 heavy (non-hydrogen) atoms. The van der Waals surface area contributed by atoms with Gasteiger partial charge in [0.05, 0.1) is 77.5 Å². The summed E-state index contributed by atoms with van der Waals surface area (Å²) in [5.41, 5.74) is 10.5. The van der Waals surface area contributed by atoms with Gasteiger partial charge in [-0.3, -0.25) is 23.1 Å². The number of alkyl halides is 1.